The minimum absolute atomic E-state index is 0.0514. The highest BCUT2D eigenvalue weighted by molar-refractivity contribution is 6.00. The van der Waals surface area contributed by atoms with Crippen LogP contribution in [-0.4, -0.2) is 55.8 Å². The third-order valence-corrected chi connectivity index (χ3v) is 7.29. The Labute approximate surface area is 186 Å². The number of hydrogen-bond donors (Lipinski definition) is 3. The molecule has 0 bridgehead atoms. The van der Waals surface area contributed by atoms with E-state index in [9.17, 15) is 10.2 Å². The molecule has 2 aliphatic heterocycles. The van der Waals surface area contributed by atoms with Crippen LogP contribution in [0.2, 0.25) is 0 Å². The molecule has 1 saturated carbocycles. The van der Waals surface area contributed by atoms with Gasteiger partial charge in [-0.25, -0.2) is 9.97 Å². The number of nitrogen functional groups attached to an aromatic ring is 1. The van der Waals surface area contributed by atoms with Crippen LogP contribution in [0.25, 0.3) is 22.2 Å². The zero-order valence-corrected chi connectivity index (χ0v) is 17.9. The molecule has 168 valence electrons. The molecular weight excluding hydrogens is 408 g/mol. The van der Waals surface area contributed by atoms with Crippen molar-refractivity contribution >= 4 is 16.9 Å². The summed E-state index contributed by atoms with van der Waals surface area (Å²) in [5.41, 5.74) is 9.17. The summed E-state index contributed by atoms with van der Waals surface area (Å²) < 4.78 is 14.3. The van der Waals surface area contributed by atoms with Crippen LogP contribution in [0.3, 0.4) is 0 Å². The predicted octanol–water partition coefficient (Wildman–Crippen LogP) is 2.61. The van der Waals surface area contributed by atoms with Gasteiger partial charge in [-0.15, -0.1) is 0 Å². The predicted molar refractivity (Wildman–Crippen MR) is 119 cm³/mol. The van der Waals surface area contributed by atoms with Gasteiger partial charge in [0.1, 0.15) is 29.6 Å². The number of nitrogens with zero attached hydrogens (tertiary/aromatic N) is 3. The molecule has 4 N–H and O–H groups in total. The molecule has 2 aromatic heterocycles. The largest absolute Gasteiger partial charge is 0.487 e. The topological polar surface area (TPSA) is 116 Å². The molecule has 2 fully saturated rings. The molecule has 1 saturated heterocycles. The van der Waals surface area contributed by atoms with Crippen molar-refractivity contribution in [1.29, 1.82) is 0 Å². The second-order valence-corrected chi connectivity index (χ2v) is 9.42. The fourth-order valence-electron chi connectivity index (χ4n) is 5.46. The van der Waals surface area contributed by atoms with Gasteiger partial charge in [-0.2, -0.15) is 0 Å². The van der Waals surface area contributed by atoms with Gasteiger partial charge >= 0.3 is 0 Å². The molecule has 4 heterocycles. The van der Waals surface area contributed by atoms with Crippen molar-refractivity contribution in [3.05, 3.63) is 36.3 Å². The van der Waals surface area contributed by atoms with Crippen molar-refractivity contribution < 1.29 is 19.7 Å². The van der Waals surface area contributed by atoms with E-state index < -0.39 is 5.60 Å². The van der Waals surface area contributed by atoms with E-state index in [0.717, 1.165) is 60.2 Å². The maximum atomic E-state index is 10.3. The van der Waals surface area contributed by atoms with Crippen LogP contribution in [-0.2, 0) is 11.2 Å². The number of benzene rings is 1. The number of aliphatic hydroxyl groups is 2. The highest BCUT2D eigenvalue weighted by atomic mass is 16.5. The van der Waals surface area contributed by atoms with Crippen LogP contribution in [0.5, 0.6) is 5.75 Å². The van der Waals surface area contributed by atoms with E-state index >= 15 is 0 Å². The van der Waals surface area contributed by atoms with E-state index in [1.54, 1.807) is 0 Å². The first-order chi connectivity index (χ1) is 15.5. The van der Waals surface area contributed by atoms with Crippen LogP contribution < -0.4 is 10.5 Å². The van der Waals surface area contributed by atoms with E-state index in [1.807, 2.05) is 6.20 Å². The molecule has 3 aromatic rings. The van der Waals surface area contributed by atoms with Crippen molar-refractivity contribution in [1.82, 2.24) is 14.5 Å². The number of nitrogens with two attached hydrogens (primary N) is 1. The lowest BCUT2D eigenvalue weighted by atomic mass is 9.76. The van der Waals surface area contributed by atoms with Gasteiger partial charge in [0.25, 0.3) is 0 Å². The highest BCUT2D eigenvalue weighted by Crippen LogP contribution is 2.45. The van der Waals surface area contributed by atoms with Crippen LogP contribution in [0, 0.1) is 0 Å². The molecule has 8 heteroatoms. The van der Waals surface area contributed by atoms with Gasteiger partial charge in [-0.3, -0.25) is 0 Å². The van der Waals surface area contributed by atoms with Gasteiger partial charge < -0.3 is 30.0 Å². The maximum Gasteiger partial charge on any atom is 0.146 e. The summed E-state index contributed by atoms with van der Waals surface area (Å²) in [4.78, 5) is 8.72. The molecule has 2 atom stereocenters. The summed E-state index contributed by atoms with van der Waals surface area (Å²) >= 11 is 0. The Bertz CT molecular complexity index is 1160. The number of aliphatic hydroxyl groups excluding tert-OH is 1. The Balaban J connectivity index is 1.38. The summed E-state index contributed by atoms with van der Waals surface area (Å²) in [6, 6.07) is 6.38. The molecular formula is C24H28N4O4. The van der Waals surface area contributed by atoms with Crippen molar-refractivity contribution in [2.45, 2.75) is 62.4 Å². The van der Waals surface area contributed by atoms with E-state index in [1.165, 1.54) is 11.9 Å². The fourth-order valence-corrected chi connectivity index (χ4v) is 5.46. The first-order valence-corrected chi connectivity index (χ1v) is 11.4. The van der Waals surface area contributed by atoms with E-state index in [-0.39, 0.29) is 24.9 Å². The molecule has 1 aliphatic carbocycles. The first-order valence-electron chi connectivity index (χ1n) is 11.4. The number of rotatable bonds is 4. The van der Waals surface area contributed by atoms with Crippen molar-refractivity contribution in [3.63, 3.8) is 0 Å². The van der Waals surface area contributed by atoms with Gasteiger partial charge in [0.15, 0.2) is 0 Å². The average molecular weight is 437 g/mol. The number of hydrogen-bond acceptors (Lipinski definition) is 7. The molecule has 0 unspecified atom stereocenters. The second-order valence-electron chi connectivity index (χ2n) is 9.42. The Morgan fingerprint density at radius 2 is 2.06 bits per heavy atom. The summed E-state index contributed by atoms with van der Waals surface area (Å²) in [6.45, 7) is 0.587. The highest BCUT2D eigenvalue weighted by Gasteiger charge is 2.44. The Morgan fingerprint density at radius 3 is 2.84 bits per heavy atom. The van der Waals surface area contributed by atoms with E-state index in [0.29, 0.717) is 18.7 Å². The summed E-state index contributed by atoms with van der Waals surface area (Å²) in [6.07, 6.45) is 8.87. The number of ether oxygens (including phenoxy) is 2. The summed E-state index contributed by atoms with van der Waals surface area (Å²) in [5, 5.41) is 20.5. The maximum absolute atomic E-state index is 10.3. The second kappa shape index (κ2) is 7.43. The lowest BCUT2D eigenvalue weighted by molar-refractivity contribution is -0.101. The minimum atomic E-state index is -1.02. The lowest BCUT2D eigenvalue weighted by Gasteiger charge is -2.43. The van der Waals surface area contributed by atoms with Crippen LogP contribution in [0.4, 0.5) is 5.82 Å². The number of aromatic nitrogens is 3. The van der Waals surface area contributed by atoms with Crippen LogP contribution in [0.15, 0.2) is 30.7 Å². The van der Waals surface area contributed by atoms with Gasteiger partial charge in [0, 0.05) is 24.4 Å². The Hall–Kier alpha value is -2.68. The fraction of sp³-hybridized carbons (Fsp3) is 0.500. The quantitative estimate of drug-likeness (QED) is 0.576. The normalized spacial score (nSPS) is 29.5. The SMILES string of the molecule is Nc1ncnc2c1c(-c1ccc3c(c1)O[C@@H]([C@H]1CCCO1)CC3)cn2C1CC(O)(CO)C1. The van der Waals surface area contributed by atoms with Gasteiger partial charge in [0.05, 0.1) is 23.7 Å². The number of anilines is 1. The minimum Gasteiger partial charge on any atom is -0.487 e. The standard InChI is InChI=1S/C24H28N4O4/c25-22-21-17(11-28(23(21)27-13-26-22)16-9-24(30,10-16)12-29)15-4-3-14-5-6-19(32-20(14)8-15)18-2-1-7-31-18/h3-4,8,11,13,16,18-19,29-30H,1-2,5-7,9-10,12H2,(H2,25,26,27)/t16?,18-,19-,24?/m1/s1. The molecule has 0 spiro atoms. The molecule has 3 aliphatic rings. The number of aryl methyl sites for hydroxylation is 1. The summed E-state index contributed by atoms with van der Waals surface area (Å²) in [7, 11) is 0. The average Bonchev–Trinajstić information content (AvgIpc) is 3.45. The first kappa shape index (κ1) is 20.0. The molecule has 0 radical (unpaired) electrons. The zero-order valence-electron chi connectivity index (χ0n) is 17.9. The molecule has 1 aromatic carbocycles. The van der Waals surface area contributed by atoms with Crippen molar-refractivity contribution in [3.8, 4) is 16.9 Å². The van der Waals surface area contributed by atoms with Gasteiger partial charge in [-0.05, 0) is 55.7 Å². The van der Waals surface area contributed by atoms with Crippen LogP contribution in [0.1, 0.15) is 43.7 Å². The van der Waals surface area contributed by atoms with Gasteiger partial charge in [0.2, 0.25) is 0 Å². The molecule has 0 amide bonds. The Morgan fingerprint density at radius 1 is 1.19 bits per heavy atom. The third-order valence-electron chi connectivity index (χ3n) is 7.29. The number of fused-ring (bicyclic) bond motifs is 2. The van der Waals surface area contributed by atoms with Crippen molar-refractivity contribution in [2.24, 2.45) is 0 Å². The molecule has 32 heavy (non-hydrogen) atoms. The van der Waals surface area contributed by atoms with Crippen LogP contribution >= 0.6 is 0 Å². The third kappa shape index (κ3) is 3.17. The van der Waals surface area contributed by atoms with E-state index in [4.69, 9.17) is 15.2 Å². The lowest BCUT2D eigenvalue weighted by Crippen LogP contribution is -2.47. The summed E-state index contributed by atoms with van der Waals surface area (Å²) in [5.74, 6) is 1.33. The molecule has 8 nitrogen and oxygen atoms in total. The zero-order chi connectivity index (χ0) is 21.9. The van der Waals surface area contributed by atoms with Gasteiger partial charge in [-0.1, -0.05) is 12.1 Å². The van der Waals surface area contributed by atoms with E-state index in [2.05, 4.69) is 32.7 Å². The molecule has 6 rings (SSSR count). The smallest absolute Gasteiger partial charge is 0.146 e. The Kier molecular flexibility index (Phi) is 4.64. The van der Waals surface area contributed by atoms with Crippen molar-refractivity contribution in [2.75, 3.05) is 18.9 Å². The monoisotopic (exact) mass is 436 g/mol.